The fourth-order valence-electron chi connectivity index (χ4n) is 1.49. The van der Waals surface area contributed by atoms with Crippen LogP contribution in [0.1, 0.15) is 45.7 Å². The van der Waals surface area contributed by atoms with Crippen LogP contribution in [0.3, 0.4) is 0 Å². The quantitative estimate of drug-likeness (QED) is 0.855. The van der Waals surface area contributed by atoms with Crippen LogP contribution < -0.4 is 10.3 Å². The molecular formula is C13H21BrN2OS. The first-order valence-corrected chi connectivity index (χ1v) is 7.65. The molecule has 0 radical (unpaired) electrons. The maximum atomic E-state index is 11.7. The Balaban J connectivity index is 2.95. The average molecular weight is 333 g/mol. The Morgan fingerprint density at radius 2 is 2.11 bits per heavy atom. The molecule has 1 unspecified atom stereocenters. The summed E-state index contributed by atoms with van der Waals surface area (Å²) in [7, 11) is 1.76. The highest BCUT2D eigenvalue weighted by Crippen LogP contribution is 2.29. The molecular weight excluding hydrogens is 312 g/mol. The molecule has 0 saturated heterocycles. The van der Waals surface area contributed by atoms with Crippen LogP contribution in [0.25, 0.3) is 0 Å². The molecule has 0 saturated carbocycles. The zero-order chi connectivity index (χ0) is 13.9. The first kappa shape index (κ1) is 15.8. The molecule has 0 aliphatic heterocycles. The van der Waals surface area contributed by atoms with Gasteiger partial charge < -0.3 is 4.57 Å². The zero-order valence-corrected chi connectivity index (χ0v) is 14.0. The summed E-state index contributed by atoms with van der Waals surface area (Å²) in [4.78, 5) is 11.7. The SMILES string of the molecule is CCC(NSC(C)(C)C)c1cc(=O)n(C)cc1Br. The van der Waals surface area contributed by atoms with Gasteiger partial charge >= 0.3 is 0 Å². The van der Waals surface area contributed by atoms with Crippen LogP contribution in [-0.2, 0) is 7.05 Å². The van der Waals surface area contributed by atoms with Gasteiger partial charge in [-0.1, -0.05) is 18.9 Å². The summed E-state index contributed by atoms with van der Waals surface area (Å²) >= 11 is 5.23. The highest BCUT2D eigenvalue weighted by molar-refractivity contribution is 9.10. The van der Waals surface area contributed by atoms with Crippen molar-refractivity contribution in [2.24, 2.45) is 7.05 Å². The Morgan fingerprint density at radius 1 is 1.50 bits per heavy atom. The van der Waals surface area contributed by atoms with Gasteiger partial charge in [0.1, 0.15) is 0 Å². The minimum Gasteiger partial charge on any atom is -0.317 e. The molecule has 0 aromatic carbocycles. The summed E-state index contributed by atoms with van der Waals surface area (Å²) < 4.78 is 6.16. The van der Waals surface area contributed by atoms with E-state index >= 15 is 0 Å². The van der Waals surface area contributed by atoms with E-state index in [1.54, 1.807) is 29.6 Å². The van der Waals surface area contributed by atoms with Crippen molar-refractivity contribution in [2.45, 2.75) is 44.9 Å². The molecule has 0 fully saturated rings. The number of nitrogens with zero attached hydrogens (tertiary/aromatic N) is 1. The molecule has 3 nitrogen and oxygen atoms in total. The van der Waals surface area contributed by atoms with Crippen LogP contribution in [0.15, 0.2) is 21.5 Å². The number of hydrogen-bond acceptors (Lipinski definition) is 3. The summed E-state index contributed by atoms with van der Waals surface area (Å²) in [6.07, 6.45) is 2.76. The van der Waals surface area contributed by atoms with Crippen molar-refractivity contribution in [2.75, 3.05) is 0 Å². The fraction of sp³-hybridized carbons (Fsp3) is 0.615. The summed E-state index contributed by atoms with van der Waals surface area (Å²) in [5.74, 6) is 0. The van der Waals surface area contributed by atoms with Crippen LogP contribution >= 0.6 is 27.9 Å². The fourth-order valence-corrected chi connectivity index (χ4v) is 2.98. The van der Waals surface area contributed by atoms with Gasteiger partial charge in [-0.25, -0.2) is 0 Å². The van der Waals surface area contributed by atoms with E-state index in [1.165, 1.54) is 0 Å². The average Bonchev–Trinajstić information content (AvgIpc) is 2.24. The highest BCUT2D eigenvalue weighted by Gasteiger charge is 2.18. The van der Waals surface area contributed by atoms with E-state index in [9.17, 15) is 4.79 Å². The van der Waals surface area contributed by atoms with Crippen LogP contribution in [0.2, 0.25) is 0 Å². The topological polar surface area (TPSA) is 34.0 Å². The number of pyridine rings is 1. The molecule has 1 rings (SSSR count). The molecule has 0 aliphatic carbocycles. The van der Waals surface area contributed by atoms with Crippen molar-refractivity contribution in [1.82, 2.24) is 9.29 Å². The van der Waals surface area contributed by atoms with Gasteiger partial charge in [0.25, 0.3) is 5.56 Å². The lowest BCUT2D eigenvalue weighted by molar-refractivity contribution is 0.634. The van der Waals surface area contributed by atoms with Crippen molar-refractivity contribution in [3.63, 3.8) is 0 Å². The third kappa shape index (κ3) is 4.44. The van der Waals surface area contributed by atoms with Gasteiger partial charge in [0.05, 0.1) is 0 Å². The van der Waals surface area contributed by atoms with E-state index in [-0.39, 0.29) is 16.3 Å². The van der Waals surface area contributed by atoms with Gasteiger partial charge in [-0.3, -0.25) is 9.52 Å². The zero-order valence-electron chi connectivity index (χ0n) is 11.6. The van der Waals surface area contributed by atoms with Crippen molar-refractivity contribution in [3.05, 3.63) is 32.7 Å². The van der Waals surface area contributed by atoms with E-state index in [2.05, 4.69) is 48.3 Å². The first-order chi connectivity index (χ1) is 8.24. The Bertz CT molecular complexity index is 465. The van der Waals surface area contributed by atoms with E-state index in [4.69, 9.17) is 0 Å². The van der Waals surface area contributed by atoms with E-state index in [0.717, 1.165) is 16.5 Å². The van der Waals surface area contributed by atoms with Gasteiger partial charge in [-0.15, -0.1) is 0 Å². The van der Waals surface area contributed by atoms with E-state index in [1.807, 2.05) is 6.20 Å². The number of rotatable bonds is 4. The van der Waals surface area contributed by atoms with Gasteiger partial charge in [0.2, 0.25) is 0 Å². The smallest absolute Gasteiger partial charge is 0.250 e. The minimum absolute atomic E-state index is 0.0224. The van der Waals surface area contributed by atoms with Crippen LogP contribution in [0.4, 0.5) is 0 Å². The molecule has 0 aliphatic rings. The van der Waals surface area contributed by atoms with Crippen molar-refractivity contribution in [1.29, 1.82) is 0 Å². The normalized spacial score (nSPS) is 13.7. The lowest BCUT2D eigenvalue weighted by Gasteiger charge is -2.24. The standard InChI is InChI=1S/C13H21BrN2OS/c1-6-11(15-18-13(2,3)4)9-7-12(17)16(5)8-10(9)14/h7-8,11,15H,6H2,1-5H3. The number of nitrogens with one attached hydrogen (secondary N) is 1. The molecule has 18 heavy (non-hydrogen) atoms. The lowest BCUT2D eigenvalue weighted by atomic mass is 10.1. The number of halogens is 1. The first-order valence-electron chi connectivity index (χ1n) is 6.04. The molecule has 0 amide bonds. The number of aryl methyl sites for hydroxylation is 1. The largest absolute Gasteiger partial charge is 0.317 e. The van der Waals surface area contributed by atoms with Gasteiger partial charge in [-0.05, 0) is 48.7 Å². The van der Waals surface area contributed by atoms with Crippen LogP contribution in [0.5, 0.6) is 0 Å². The second-order valence-corrected chi connectivity index (χ2v) is 7.84. The molecule has 5 heteroatoms. The Hall–Kier alpha value is -0.260. The number of hydrogen-bond donors (Lipinski definition) is 1. The summed E-state index contributed by atoms with van der Waals surface area (Å²) in [6, 6.07) is 1.88. The molecule has 1 atom stereocenters. The number of aromatic nitrogens is 1. The van der Waals surface area contributed by atoms with Crippen LogP contribution in [0, 0.1) is 0 Å². The Kier molecular flexibility index (Phi) is 5.49. The molecule has 0 spiro atoms. The second kappa shape index (κ2) is 6.26. The summed E-state index contributed by atoms with van der Waals surface area (Å²) in [5.41, 5.74) is 1.05. The van der Waals surface area contributed by atoms with E-state index in [0.29, 0.717) is 0 Å². The van der Waals surface area contributed by atoms with Crippen molar-refractivity contribution in [3.8, 4) is 0 Å². The van der Waals surface area contributed by atoms with Gasteiger partial charge in [0, 0.05) is 34.6 Å². The molecule has 1 aromatic rings. The Labute approximate surface area is 122 Å². The highest BCUT2D eigenvalue weighted by atomic mass is 79.9. The monoisotopic (exact) mass is 332 g/mol. The summed E-state index contributed by atoms with van der Waals surface area (Å²) in [6.45, 7) is 8.61. The maximum Gasteiger partial charge on any atom is 0.250 e. The van der Waals surface area contributed by atoms with Crippen LogP contribution in [-0.4, -0.2) is 9.31 Å². The second-order valence-electron chi connectivity index (χ2n) is 5.32. The van der Waals surface area contributed by atoms with E-state index < -0.39 is 0 Å². The third-order valence-corrected chi connectivity index (χ3v) is 4.18. The maximum absolute atomic E-state index is 11.7. The van der Waals surface area contributed by atoms with Crippen molar-refractivity contribution >= 4 is 27.9 Å². The minimum atomic E-state index is 0.0224. The molecule has 1 heterocycles. The molecule has 0 bridgehead atoms. The molecule has 1 N–H and O–H groups in total. The molecule has 1 aromatic heterocycles. The Morgan fingerprint density at radius 3 is 2.61 bits per heavy atom. The lowest BCUT2D eigenvalue weighted by Crippen LogP contribution is -2.24. The predicted molar refractivity (Wildman–Crippen MR) is 82.9 cm³/mol. The predicted octanol–water partition coefficient (Wildman–Crippen LogP) is 3.64. The summed E-state index contributed by atoms with van der Waals surface area (Å²) in [5, 5.41) is 0. The third-order valence-electron chi connectivity index (χ3n) is 2.50. The van der Waals surface area contributed by atoms with Gasteiger partial charge in [0.15, 0.2) is 0 Å². The van der Waals surface area contributed by atoms with Gasteiger partial charge in [-0.2, -0.15) is 0 Å². The van der Waals surface area contributed by atoms with Crippen molar-refractivity contribution < 1.29 is 0 Å². The molecule has 102 valence electrons.